The molecule has 7 heteroatoms. The predicted molar refractivity (Wildman–Crippen MR) is 94.1 cm³/mol. The third-order valence-corrected chi connectivity index (χ3v) is 5.03. The van der Waals surface area contributed by atoms with E-state index in [1.165, 1.54) is 0 Å². The summed E-state index contributed by atoms with van der Waals surface area (Å²) in [6.45, 7) is 0.410. The van der Waals surface area contributed by atoms with Crippen LogP contribution < -0.4 is 5.32 Å². The summed E-state index contributed by atoms with van der Waals surface area (Å²) >= 11 is 6.12. The van der Waals surface area contributed by atoms with Crippen molar-refractivity contribution < 1.29 is 19.5 Å². The van der Waals surface area contributed by atoms with Crippen molar-refractivity contribution in [2.45, 2.75) is 50.6 Å². The van der Waals surface area contributed by atoms with E-state index < -0.39 is 11.5 Å². The van der Waals surface area contributed by atoms with Gasteiger partial charge in [0.1, 0.15) is 0 Å². The van der Waals surface area contributed by atoms with Crippen LogP contribution in [0.3, 0.4) is 0 Å². The van der Waals surface area contributed by atoms with Gasteiger partial charge in [0.05, 0.1) is 0 Å². The molecule has 1 aromatic carbocycles. The van der Waals surface area contributed by atoms with E-state index in [-0.39, 0.29) is 24.7 Å². The first-order valence-corrected chi connectivity index (χ1v) is 8.69. The number of carbonyl (C=O) groups is 3. The van der Waals surface area contributed by atoms with Crippen molar-refractivity contribution in [3.05, 3.63) is 34.9 Å². The van der Waals surface area contributed by atoms with E-state index in [0.29, 0.717) is 37.3 Å². The normalized spacial score (nSPS) is 19.5. The lowest BCUT2D eigenvalue weighted by molar-refractivity contribution is -0.137. The lowest BCUT2D eigenvalue weighted by Crippen LogP contribution is -2.43. The molecule has 1 aliphatic heterocycles. The number of aliphatic carboxylic acids is 1. The van der Waals surface area contributed by atoms with Gasteiger partial charge in [-0.2, -0.15) is 0 Å². The fourth-order valence-electron chi connectivity index (χ4n) is 3.13. The van der Waals surface area contributed by atoms with E-state index in [2.05, 4.69) is 5.32 Å². The Labute approximate surface area is 152 Å². The Balaban J connectivity index is 1.92. The minimum absolute atomic E-state index is 0.0239. The highest BCUT2D eigenvalue weighted by Gasteiger charge is 2.38. The Morgan fingerprint density at radius 2 is 1.96 bits per heavy atom. The van der Waals surface area contributed by atoms with Gasteiger partial charge in [0.15, 0.2) is 0 Å². The molecule has 2 N–H and O–H groups in total. The molecule has 0 radical (unpaired) electrons. The van der Waals surface area contributed by atoms with E-state index in [0.717, 1.165) is 5.56 Å². The number of carboxylic acids is 1. The molecule has 0 spiro atoms. The summed E-state index contributed by atoms with van der Waals surface area (Å²) in [5, 5.41) is 12.4. The second kappa shape index (κ2) is 8.34. The van der Waals surface area contributed by atoms with Gasteiger partial charge in [-0.3, -0.25) is 14.4 Å². The molecule has 2 rings (SSSR count). The maximum atomic E-state index is 12.4. The SMILES string of the molecule is CN(Cc1ccccc1Cl)C(=O)CCC1(CCC(=O)O)CCC(=O)N1. The molecule has 1 heterocycles. The van der Waals surface area contributed by atoms with Crippen LogP contribution in [0.2, 0.25) is 5.02 Å². The summed E-state index contributed by atoms with van der Waals surface area (Å²) in [5.74, 6) is -1.04. The van der Waals surface area contributed by atoms with Crippen molar-refractivity contribution in [1.29, 1.82) is 0 Å². The van der Waals surface area contributed by atoms with E-state index >= 15 is 0 Å². The monoisotopic (exact) mass is 366 g/mol. The summed E-state index contributed by atoms with van der Waals surface area (Å²) in [6.07, 6.45) is 1.96. The van der Waals surface area contributed by atoms with Gasteiger partial charge in [0.25, 0.3) is 0 Å². The van der Waals surface area contributed by atoms with E-state index in [1.54, 1.807) is 18.0 Å². The van der Waals surface area contributed by atoms with Gasteiger partial charge in [-0.05, 0) is 30.9 Å². The molecule has 2 amide bonds. The van der Waals surface area contributed by atoms with Crippen molar-refractivity contribution >= 4 is 29.4 Å². The van der Waals surface area contributed by atoms with Gasteiger partial charge < -0.3 is 15.3 Å². The number of nitrogens with one attached hydrogen (secondary N) is 1. The molecule has 1 saturated heterocycles. The highest BCUT2D eigenvalue weighted by molar-refractivity contribution is 6.31. The van der Waals surface area contributed by atoms with E-state index in [1.807, 2.05) is 18.2 Å². The van der Waals surface area contributed by atoms with E-state index in [4.69, 9.17) is 16.7 Å². The Morgan fingerprint density at radius 1 is 1.28 bits per heavy atom. The van der Waals surface area contributed by atoms with Crippen molar-refractivity contribution in [2.75, 3.05) is 7.05 Å². The first-order chi connectivity index (χ1) is 11.8. The summed E-state index contributed by atoms with van der Waals surface area (Å²) in [7, 11) is 1.71. The van der Waals surface area contributed by atoms with Gasteiger partial charge in [-0.15, -0.1) is 0 Å². The number of halogens is 1. The van der Waals surface area contributed by atoms with Gasteiger partial charge in [0.2, 0.25) is 11.8 Å². The van der Waals surface area contributed by atoms with Crippen LogP contribution in [0, 0.1) is 0 Å². The van der Waals surface area contributed by atoms with Gasteiger partial charge >= 0.3 is 5.97 Å². The quantitative estimate of drug-likeness (QED) is 0.740. The highest BCUT2D eigenvalue weighted by Crippen LogP contribution is 2.30. The average Bonchev–Trinajstić information content (AvgIpc) is 2.94. The van der Waals surface area contributed by atoms with Crippen LogP contribution in [-0.2, 0) is 20.9 Å². The number of nitrogens with zero attached hydrogens (tertiary/aromatic N) is 1. The molecule has 0 saturated carbocycles. The number of carbonyl (C=O) groups excluding carboxylic acids is 2. The van der Waals surface area contributed by atoms with Crippen LogP contribution in [-0.4, -0.2) is 40.4 Å². The van der Waals surface area contributed by atoms with Crippen LogP contribution >= 0.6 is 11.6 Å². The molecule has 0 aromatic heterocycles. The zero-order valence-electron chi connectivity index (χ0n) is 14.3. The van der Waals surface area contributed by atoms with Crippen LogP contribution in [0.4, 0.5) is 0 Å². The van der Waals surface area contributed by atoms with Crippen LogP contribution in [0.5, 0.6) is 0 Å². The first kappa shape index (κ1) is 19.2. The molecule has 6 nitrogen and oxygen atoms in total. The third-order valence-electron chi connectivity index (χ3n) is 4.66. The number of rotatable bonds is 8. The molecule has 1 aliphatic rings. The number of benzene rings is 1. The molecule has 1 aromatic rings. The van der Waals surface area contributed by atoms with E-state index in [9.17, 15) is 14.4 Å². The molecule has 0 aliphatic carbocycles. The standard InChI is InChI=1S/C18H23ClN2O4/c1-21(12-13-4-2-3-5-14(13)19)16(23)7-10-18(11-8-17(24)25)9-6-15(22)20-18/h2-5H,6-12H2,1H3,(H,20,22)(H,24,25). The van der Waals surface area contributed by atoms with Gasteiger partial charge in [0, 0.05) is 43.4 Å². The van der Waals surface area contributed by atoms with Gasteiger partial charge in [-0.25, -0.2) is 0 Å². The number of hydrogen-bond donors (Lipinski definition) is 2. The van der Waals surface area contributed by atoms with Crippen molar-refractivity contribution in [1.82, 2.24) is 10.2 Å². The van der Waals surface area contributed by atoms with Crippen molar-refractivity contribution in [3.8, 4) is 0 Å². The number of carboxylic acid groups (broad SMARTS) is 1. The van der Waals surface area contributed by atoms with Crippen LogP contribution in [0.1, 0.15) is 44.1 Å². The number of hydrogen-bond acceptors (Lipinski definition) is 3. The first-order valence-electron chi connectivity index (χ1n) is 8.31. The minimum Gasteiger partial charge on any atom is -0.481 e. The lowest BCUT2D eigenvalue weighted by atomic mass is 9.86. The number of amides is 2. The Kier molecular flexibility index (Phi) is 6.42. The molecule has 0 bridgehead atoms. The smallest absolute Gasteiger partial charge is 0.303 e. The molecule has 136 valence electrons. The zero-order chi connectivity index (χ0) is 18.4. The fraction of sp³-hybridized carbons (Fsp3) is 0.500. The van der Waals surface area contributed by atoms with Crippen LogP contribution in [0.25, 0.3) is 0 Å². The molecule has 1 unspecified atom stereocenters. The molecular weight excluding hydrogens is 344 g/mol. The topological polar surface area (TPSA) is 86.7 Å². The maximum absolute atomic E-state index is 12.4. The zero-order valence-corrected chi connectivity index (χ0v) is 15.0. The Hall–Kier alpha value is -2.08. The molecule has 1 atom stereocenters. The Morgan fingerprint density at radius 3 is 2.56 bits per heavy atom. The largest absolute Gasteiger partial charge is 0.481 e. The second-order valence-corrected chi connectivity index (χ2v) is 6.97. The summed E-state index contributed by atoms with van der Waals surface area (Å²) in [4.78, 5) is 36.5. The van der Waals surface area contributed by atoms with Gasteiger partial charge in [-0.1, -0.05) is 29.8 Å². The minimum atomic E-state index is -0.900. The summed E-state index contributed by atoms with van der Waals surface area (Å²) < 4.78 is 0. The van der Waals surface area contributed by atoms with Crippen molar-refractivity contribution in [2.24, 2.45) is 0 Å². The lowest BCUT2D eigenvalue weighted by Gasteiger charge is -2.29. The molecule has 1 fully saturated rings. The third kappa shape index (κ3) is 5.46. The predicted octanol–water partition coefficient (Wildman–Crippen LogP) is 2.59. The summed E-state index contributed by atoms with van der Waals surface area (Å²) in [6, 6.07) is 7.36. The van der Waals surface area contributed by atoms with Crippen molar-refractivity contribution in [3.63, 3.8) is 0 Å². The fourth-order valence-corrected chi connectivity index (χ4v) is 3.32. The average molecular weight is 367 g/mol. The molecule has 25 heavy (non-hydrogen) atoms. The highest BCUT2D eigenvalue weighted by atomic mass is 35.5. The maximum Gasteiger partial charge on any atom is 0.303 e. The Bertz CT molecular complexity index is 664. The molecular formula is C18H23ClN2O4. The summed E-state index contributed by atoms with van der Waals surface area (Å²) in [5.41, 5.74) is 0.283. The second-order valence-electron chi connectivity index (χ2n) is 6.56. The van der Waals surface area contributed by atoms with Crippen LogP contribution in [0.15, 0.2) is 24.3 Å².